The fraction of sp³-hybridized carbons (Fsp3) is 0.231. The van der Waals surface area contributed by atoms with Gasteiger partial charge in [-0.25, -0.2) is 0 Å². The van der Waals surface area contributed by atoms with Crippen LogP contribution < -0.4 is 5.32 Å². The molecule has 2 rings (SSSR count). The van der Waals surface area contributed by atoms with Gasteiger partial charge in [-0.3, -0.25) is 5.41 Å². The second-order valence-electron chi connectivity index (χ2n) is 3.90. The highest BCUT2D eigenvalue weighted by Gasteiger charge is 2.23. The third-order valence-corrected chi connectivity index (χ3v) is 2.87. The van der Waals surface area contributed by atoms with Crippen LogP contribution in [0.3, 0.4) is 0 Å². The monoisotopic (exact) mass is 226 g/mol. The van der Waals surface area contributed by atoms with Crippen molar-refractivity contribution in [1.29, 1.82) is 10.7 Å². The van der Waals surface area contributed by atoms with Crippen molar-refractivity contribution in [1.82, 2.24) is 10.2 Å². The standard InChI is InChI=1S/C13H14N4/c1-16-12-8-17(9-14)7-11(12)13(15)10-5-3-2-4-6-10/h2-6,15-16H,7-8H2,1H3. The first kappa shape index (κ1) is 11.2. The summed E-state index contributed by atoms with van der Waals surface area (Å²) in [6.45, 7) is 1.08. The van der Waals surface area contributed by atoms with Crippen LogP contribution in [-0.4, -0.2) is 30.7 Å². The average Bonchev–Trinajstić information content (AvgIpc) is 2.82. The van der Waals surface area contributed by atoms with Crippen molar-refractivity contribution in [3.63, 3.8) is 0 Å². The lowest BCUT2D eigenvalue weighted by atomic mass is 10.0. The molecule has 4 nitrogen and oxygen atoms in total. The Morgan fingerprint density at radius 2 is 2.06 bits per heavy atom. The summed E-state index contributed by atoms with van der Waals surface area (Å²) in [7, 11) is 1.83. The molecule has 1 aromatic rings. The molecule has 0 aromatic heterocycles. The van der Waals surface area contributed by atoms with E-state index in [2.05, 4.69) is 11.5 Å². The summed E-state index contributed by atoms with van der Waals surface area (Å²) in [5.74, 6) is 0. The molecule has 0 saturated carbocycles. The summed E-state index contributed by atoms with van der Waals surface area (Å²) >= 11 is 0. The zero-order chi connectivity index (χ0) is 12.3. The Bertz CT molecular complexity index is 496. The van der Waals surface area contributed by atoms with Crippen LogP contribution in [0.4, 0.5) is 0 Å². The van der Waals surface area contributed by atoms with Crippen molar-refractivity contribution >= 4 is 5.71 Å². The van der Waals surface area contributed by atoms with Crippen molar-refractivity contribution < 1.29 is 0 Å². The SMILES string of the molecule is CNC1=C(C(=N)c2ccccc2)CN(C#N)C1. The third-order valence-electron chi connectivity index (χ3n) is 2.87. The van der Waals surface area contributed by atoms with E-state index in [1.54, 1.807) is 4.90 Å². The van der Waals surface area contributed by atoms with E-state index in [0.29, 0.717) is 18.8 Å². The molecule has 0 aliphatic carbocycles. The van der Waals surface area contributed by atoms with Crippen LogP contribution in [0.15, 0.2) is 41.6 Å². The molecular weight excluding hydrogens is 212 g/mol. The molecule has 1 aliphatic heterocycles. The minimum absolute atomic E-state index is 0.493. The summed E-state index contributed by atoms with van der Waals surface area (Å²) in [6.07, 6.45) is 2.12. The van der Waals surface area contributed by atoms with Crippen molar-refractivity contribution in [2.75, 3.05) is 20.1 Å². The van der Waals surface area contributed by atoms with Gasteiger partial charge in [-0.05, 0) is 5.56 Å². The number of hydrogen-bond donors (Lipinski definition) is 2. The lowest BCUT2D eigenvalue weighted by Crippen LogP contribution is -2.17. The molecule has 1 heterocycles. The van der Waals surface area contributed by atoms with Crippen molar-refractivity contribution in [2.24, 2.45) is 0 Å². The lowest BCUT2D eigenvalue weighted by Gasteiger charge is -2.07. The van der Waals surface area contributed by atoms with Crippen LogP contribution in [0.5, 0.6) is 0 Å². The molecule has 2 N–H and O–H groups in total. The van der Waals surface area contributed by atoms with E-state index in [-0.39, 0.29) is 0 Å². The lowest BCUT2D eigenvalue weighted by molar-refractivity contribution is 0.491. The zero-order valence-electron chi connectivity index (χ0n) is 9.70. The smallest absolute Gasteiger partial charge is 0.180 e. The average molecular weight is 226 g/mol. The van der Waals surface area contributed by atoms with Crippen molar-refractivity contribution in [3.8, 4) is 6.19 Å². The van der Waals surface area contributed by atoms with E-state index in [4.69, 9.17) is 10.7 Å². The van der Waals surface area contributed by atoms with Crippen LogP contribution in [0, 0.1) is 16.9 Å². The van der Waals surface area contributed by atoms with E-state index in [1.807, 2.05) is 37.4 Å². The summed E-state index contributed by atoms with van der Waals surface area (Å²) in [5.41, 5.74) is 3.24. The number of likely N-dealkylation sites (N-methyl/N-ethyl adjacent to an activating group) is 1. The maximum Gasteiger partial charge on any atom is 0.180 e. The fourth-order valence-electron chi connectivity index (χ4n) is 1.94. The number of nitrogens with zero attached hydrogens (tertiary/aromatic N) is 2. The minimum Gasteiger partial charge on any atom is -0.390 e. The Kier molecular flexibility index (Phi) is 3.10. The molecule has 0 atom stereocenters. The van der Waals surface area contributed by atoms with Gasteiger partial charge in [-0.1, -0.05) is 30.3 Å². The number of hydrogen-bond acceptors (Lipinski definition) is 4. The Balaban J connectivity index is 2.28. The van der Waals surface area contributed by atoms with E-state index in [1.165, 1.54) is 0 Å². The van der Waals surface area contributed by atoms with Crippen LogP contribution in [0.1, 0.15) is 5.56 Å². The van der Waals surface area contributed by atoms with Gasteiger partial charge >= 0.3 is 0 Å². The molecule has 4 heteroatoms. The second kappa shape index (κ2) is 4.71. The van der Waals surface area contributed by atoms with Crippen LogP contribution in [-0.2, 0) is 0 Å². The molecule has 0 spiro atoms. The third kappa shape index (κ3) is 2.13. The normalized spacial score (nSPS) is 14.7. The van der Waals surface area contributed by atoms with Crippen LogP contribution in [0.25, 0.3) is 0 Å². The highest BCUT2D eigenvalue weighted by atomic mass is 15.2. The molecule has 0 amide bonds. The van der Waals surface area contributed by atoms with E-state index < -0.39 is 0 Å². The highest BCUT2D eigenvalue weighted by Crippen LogP contribution is 2.18. The van der Waals surface area contributed by atoms with E-state index in [9.17, 15) is 0 Å². The molecule has 1 aromatic carbocycles. The summed E-state index contributed by atoms with van der Waals surface area (Å²) < 4.78 is 0. The zero-order valence-corrected chi connectivity index (χ0v) is 9.70. The largest absolute Gasteiger partial charge is 0.390 e. The van der Waals surface area contributed by atoms with Gasteiger partial charge in [0, 0.05) is 18.3 Å². The number of rotatable bonds is 3. The highest BCUT2D eigenvalue weighted by molar-refractivity contribution is 6.11. The first-order valence-corrected chi connectivity index (χ1v) is 5.45. The van der Waals surface area contributed by atoms with Gasteiger partial charge in [0.2, 0.25) is 0 Å². The number of nitrogens with one attached hydrogen (secondary N) is 2. The topological polar surface area (TPSA) is 62.9 Å². The first-order chi connectivity index (χ1) is 8.26. The van der Waals surface area contributed by atoms with Gasteiger partial charge in [0.25, 0.3) is 0 Å². The van der Waals surface area contributed by atoms with Gasteiger partial charge in [0.1, 0.15) is 0 Å². The van der Waals surface area contributed by atoms with Gasteiger partial charge in [0.15, 0.2) is 6.19 Å². The molecule has 1 aliphatic rings. The van der Waals surface area contributed by atoms with Gasteiger partial charge < -0.3 is 10.2 Å². The molecule has 0 unspecified atom stereocenters. The molecule has 17 heavy (non-hydrogen) atoms. The van der Waals surface area contributed by atoms with Gasteiger partial charge in [0.05, 0.1) is 18.8 Å². The maximum absolute atomic E-state index is 8.90. The Hall–Kier alpha value is -2.28. The van der Waals surface area contributed by atoms with Crippen LogP contribution in [0.2, 0.25) is 0 Å². The Labute approximate surface area is 101 Å². The molecule has 0 bridgehead atoms. The fourth-order valence-corrected chi connectivity index (χ4v) is 1.94. The molecule has 0 radical (unpaired) electrons. The maximum atomic E-state index is 8.90. The van der Waals surface area contributed by atoms with E-state index in [0.717, 1.165) is 16.8 Å². The van der Waals surface area contributed by atoms with Gasteiger partial charge in [-0.2, -0.15) is 5.26 Å². The quantitative estimate of drug-likeness (QED) is 0.603. The van der Waals surface area contributed by atoms with Crippen LogP contribution >= 0.6 is 0 Å². The molecule has 0 saturated heterocycles. The predicted octanol–water partition coefficient (Wildman–Crippen LogP) is 1.32. The summed E-state index contributed by atoms with van der Waals surface area (Å²) in [4.78, 5) is 1.64. The molecular formula is C13H14N4. The van der Waals surface area contributed by atoms with Crippen molar-refractivity contribution in [3.05, 3.63) is 47.2 Å². The first-order valence-electron chi connectivity index (χ1n) is 5.45. The van der Waals surface area contributed by atoms with Crippen molar-refractivity contribution in [2.45, 2.75) is 0 Å². The Morgan fingerprint density at radius 3 is 2.65 bits per heavy atom. The molecule has 0 fully saturated rings. The van der Waals surface area contributed by atoms with E-state index >= 15 is 0 Å². The second-order valence-corrected chi connectivity index (χ2v) is 3.90. The number of benzene rings is 1. The summed E-state index contributed by atoms with van der Waals surface area (Å²) in [5, 5.41) is 20.2. The molecule has 86 valence electrons. The predicted molar refractivity (Wildman–Crippen MR) is 66.5 cm³/mol. The number of nitriles is 1. The minimum atomic E-state index is 0.493. The van der Waals surface area contributed by atoms with Gasteiger partial charge in [-0.15, -0.1) is 0 Å². The Morgan fingerprint density at radius 1 is 1.35 bits per heavy atom. The summed E-state index contributed by atoms with van der Waals surface area (Å²) in [6, 6.07) is 9.59.